The van der Waals surface area contributed by atoms with Crippen molar-refractivity contribution in [1.29, 1.82) is 0 Å². The first-order valence-electron chi connectivity index (χ1n) is 12.2. The van der Waals surface area contributed by atoms with E-state index in [0.717, 1.165) is 5.69 Å². The Morgan fingerprint density at radius 1 is 1.05 bits per heavy atom. The van der Waals surface area contributed by atoms with Gasteiger partial charge in [0.25, 0.3) is 5.91 Å². The van der Waals surface area contributed by atoms with Gasteiger partial charge in [0.05, 0.1) is 22.4 Å². The van der Waals surface area contributed by atoms with Gasteiger partial charge in [-0.15, -0.1) is 0 Å². The largest absolute Gasteiger partial charge is 0.385 e. The fourth-order valence-electron chi connectivity index (χ4n) is 4.87. The summed E-state index contributed by atoms with van der Waals surface area (Å²) in [6, 6.07) is 14.5. The molecule has 1 spiro atoms. The zero-order chi connectivity index (χ0) is 26.4. The Morgan fingerprint density at radius 3 is 2.49 bits per heavy atom. The van der Waals surface area contributed by atoms with E-state index in [-0.39, 0.29) is 29.4 Å². The third-order valence-corrected chi connectivity index (χ3v) is 7.65. The van der Waals surface area contributed by atoms with Gasteiger partial charge < -0.3 is 30.1 Å². The SMILES string of the molecule is COCCCNC(=O)CN1CN(c2ccccc2)C2(CCN(C(=O)Nc3cccc(Cl)c3Cl)CC2)C1=O. The average Bonchev–Trinajstić information content (AvgIpc) is 3.16. The number of benzene rings is 2. The number of nitrogens with one attached hydrogen (secondary N) is 2. The van der Waals surface area contributed by atoms with E-state index < -0.39 is 5.54 Å². The van der Waals surface area contributed by atoms with E-state index in [9.17, 15) is 14.4 Å². The Balaban J connectivity index is 1.46. The molecule has 2 aromatic carbocycles. The van der Waals surface area contributed by atoms with Crippen molar-refractivity contribution in [1.82, 2.24) is 15.1 Å². The summed E-state index contributed by atoms with van der Waals surface area (Å²) >= 11 is 12.3. The molecule has 0 saturated carbocycles. The van der Waals surface area contributed by atoms with E-state index >= 15 is 0 Å². The van der Waals surface area contributed by atoms with Crippen molar-refractivity contribution in [2.75, 3.05) is 56.8 Å². The summed E-state index contributed by atoms with van der Waals surface area (Å²) in [5.74, 6) is -0.300. The smallest absolute Gasteiger partial charge is 0.321 e. The normalized spacial score (nSPS) is 16.8. The number of nitrogens with zero attached hydrogens (tertiary/aromatic N) is 3. The van der Waals surface area contributed by atoms with Gasteiger partial charge in [-0.1, -0.05) is 47.5 Å². The molecule has 37 heavy (non-hydrogen) atoms. The van der Waals surface area contributed by atoms with E-state index in [1.54, 1.807) is 35.1 Å². The van der Waals surface area contributed by atoms with Crippen LogP contribution >= 0.6 is 23.2 Å². The van der Waals surface area contributed by atoms with Crippen molar-refractivity contribution in [3.8, 4) is 0 Å². The molecule has 2 N–H and O–H groups in total. The van der Waals surface area contributed by atoms with Crippen molar-refractivity contribution in [2.45, 2.75) is 24.8 Å². The number of urea groups is 1. The molecule has 2 heterocycles. The standard InChI is InChI=1S/C26H31Cl2N5O4/c1-37-16-6-13-29-22(34)17-32-18-33(19-7-3-2-4-8-19)26(24(32)35)11-14-31(15-12-26)25(36)30-21-10-5-9-20(27)23(21)28/h2-5,7-10H,6,11-18H2,1H3,(H,29,34)(H,30,36). The number of anilines is 2. The van der Waals surface area contributed by atoms with Gasteiger partial charge >= 0.3 is 6.03 Å². The van der Waals surface area contributed by atoms with Crippen LogP contribution in [0.15, 0.2) is 48.5 Å². The second kappa shape index (κ2) is 12.0. The van der Waals surface area contributed by atoms with E-state index in [4.69, 9.17) is 27.9 Å². The number of amides is 4. The van der Waals surface area contributed by atoms with Crippen molar-refractivity contribution in [2.24, 2.45) is 0 Å². The number of halogens is 2. The topological polar surface area (TPSA) is 94.2 Å². The molecule has 2 aliphatic rings. The lowest BCUT2D eigenvalue weighted by atomic mass is 9.85. The van der Waals surface area contributed by atoms with Gasteiger partial charge in [-0.3, -0.25) is 9.59 Å². The number of carbonyl (C=O) groups excluding carboxylic acids is 3. The molecule has 4 rings (SSSR count). The lowest BCUT2D eigenvalue weighted by Gasteiger charge is -2.43. The maximum absolute atomic E-state index is 13.8. The van der Waals surface area contributed by atoms with Crippen LogP contribution in [0.2, 0.25) is 10.0 Å². The van der Waals surface area contributed by atoms with Crippen LogP contribution in [0.5, 0.6) is 0 Å². The molecule has 0 atom stereocenters. The lowest BCUT2D eigenvalue weighted by molar-refractivity contribution is -0.137. The van der Waals surface area contributed by atoms with E-state index in [1.807, 2.05) is 30.3 Å². The number of hydrogen-bond donors (Lipinski definition) is 2. The summed E-state index contributed by atoms with van der Waals surface area (Å²) in [4.78, 5) is 44.6. The zero-order valence-corrected chi connectivity index (χ0v) is 22.2. The first-order valence-corrected chi connectivity index (χ1v) is 13.0. The molecule has 2 aliphatic heterocycles. The summed E-state index contributed by atoms with van der Waals surface area (Å²) in [5.41, 5.74) is 0.509. The van der Waals surface area contributed by atoms with Gasteiger partial charge in [0.15, 0.2) is 0 Å². The van der Waals surface area contributed by atoms with Crippen LogP contribution < -0.4 is 15.5 Å². The molecule has 0 bridgehead atoms. The fourth-order valence-corrected chi connectivity index (χ4v) is 5.22. The van der Waals surface area contributed by atoms with Gasteiger partial charge in [-0.05, 0) is 43.5 Å². The number of rotatable bonds is 8. The maximum atomic E-state index is 13.8. The minimum Gasteiger partial charge on any atom is -0.385 e. The molecule has 2 aromatic rings. The zero-order valence-electron chi connectivity index (χ0n) is 20.7. The molecule has 0 unspecified atom stereocenters. The van der Waals surface area contributed by atoms with Gasteiger partial charge in [-0.2, -0.15) is 0 Å². The number of carbonyl (C=O) groups is 3. The summed E-state index contributed by atoms with van der Waals surface area (Å²) in [6.45, 7) is 2.07. The minimum absolute atomic E-state index is 0.0195. The van der Waals surface area contributed by atoms with Crippen LogP contribution in [-0.2, 0) is 14.3 Å². The number of ether oxygens (including phenoxy) is 1. The fraction of sp³-hybridized carbons (Fsp3) is 0.423. The van der Waals surface area contributed by atoms with Gasteiger partial charge in [0, 0.05) is 39.0 Å². The van der Waals surface area contributed by atoms with Crippen LogP contribution in [0.1, 0.15) is 19.3 Å². The van der Waals surface area contributed by atoms with Crippen LogP contribution in [0.25, 0.3) is 0 Å². The minimum atomic E-state index is -0.831. The second-order valence-corrected chi connectivity index (χ2v) is 9.94. The molecule has 0 aromatic heterocycles. The average molecular weight is 548 g/mol. The van der Waals surface area contributed by atoms with Crippen LogP contribution in [0, 0.1) is 0 Å². The van der Waals surface area contributed by atoms with Gasteiger partial charge in [0.1, 0.15) is 12.1 Å². The quantitative estimate of drug-likeness (QED) is 0.490. The Labute approximate surface area is 226 Å². The molecule has 4 amide bonds. The lowest BCUT2D eigenvalue weighted by Crippen LogP contribution is -2.58. The molecule has 198 valence electrons. The van der Waals surface area contributed by atoms with E-state index in [1.165, 1.54) is 0 Å². The molecule has 9 nitrogen and oxygen atoms in total. The summed E-state index contributed by atoms with van der Waals surface area (Å²) in [5, 5.41) is 6.31. The highest BCUT2D eigenvalue weighted by atomic mass is 35.5. The molecule has 2 fully saturated rings. The van der Waals surface area contributed by atoms with Crippen molar-refractivity contribution in [3.63, 3.8) is 0 Å². The number of likely N-dealkylation sites (tertiary alicyclic amines) is 1. The Bertz CT molecular complexity index is 1130. The van der Waals surface area contributed by atoms with Crippen LogP contribution in [0.3, 0.4) is 0 Å². The molecule has 2 saturated heterocycles. The van der Waals surface area contributed by atoms with Crippen molar-refractivity contribution >= 4 is 52.4 Å². The first kappa shape index (κ1) is 27.0. The van der Waals surface area contributed by atoms with Gasteiger partial charge in [-0.25, -0.2) is 4.79 Å². The van der Waals surface area contributed by atoms with Crippen molar-refractivity contribution < 1.29 is 19.1 Å². The molecule has 0 aliphatic carbocycles. The Hall–Kier alpha value is -3.01. The number of hydrogen-bond acceptors (Lipinski definition) is 5. The van der Waals surface area contributed by atoms with Gasteiger partial charge in [0.2, 0.25) is 5.91 Å². The third-order valence-electron chi connectivity index (χ3n) is 6.83. The number of piperidine rings is 1. The monoisotopic (exact) mass is 547 g/mol. The first-order chi connectivity index (χ1) is 17.9. The third kappa shape index (κ3) is 5.95. The number of para-hydroxylation sites is 1. The molecule has 0 radical (unpaired) electrons. The Kier molecular flexibility index (Phi) is 8.79. The Morgan fingerprint density at radius 2 is 1.78 bits per heavy atom. The second-order valence-electron chi connectivity index (χ2n) is 9.15. The highest BCUT2D eigenvalue weighted by Gasteiger charge is 2.54. The van der Waals surface area contributed by atoms with Crippen LogP contribution in [0.4, 0.5) is 16.2 Å². The van der Waals surface area contributed by atoms with E-state index in [0.29, 0.717) is 62.9 Å². The highest BCUT2D eigenvalue weighted by Crippen LogP contribution is 2.39. The van der Waals surface area contributed by atoms with Crippen LogP contribution in [-0.4, -0.2) is 79.7 Å². The summed E-state index contributed by atoms with van der Waals surface area (Å²) in [7, 11) is 1.61. The van der Waals surface area contributed by atoms with Crippen molar-refractivity contribution in [3.05, 3.63) is 58.6 Å². The predicted molar refractivity (Wildman–Crippen MR) is 144 cm³/mol. The molecular formula is C26H31Cl2N5O4. The summed E-state index contributed by atoms with van der Waals surface area (Å²) < 4.78 is 5.01. The highest BCUT2D eigenvalue weighted by molar-refractivity contribution is 6.43. The molecule has 11 heteroatoms. The molecular weight excluding hydrogens is 517 g/mol. The predicted octanol–water partition coefficient (Wildman–Crippen LogP) is 3.82. The maximum Gasteiger partial charge on any atom is 0.321 e. The summed E-state index contributed by atoms with van der Waals surface area (Å²) in [6.07, 6.45) is 1.57. The van der Waals surface area contributed by atoms with E-state index in [2.05, 4.69) is 15.5 Å². The number of methoxy groups -OCH3 is 1.